The largest absolute Gasteiger partial charge is 0.694 e. The minimum Gasteiger partial charge on any atom is -0.462 e. The van der Waals surface area contributed by atoms with E-state index in [9.17, 15) is 14.2 Å². The molecule has 0 rings (SSSR count). The summed E-state index contributed by atoms with van der Waals surface area (Å²) in [7, 11) is -2.80. The van der Waals surface area contributed by atoms with Crippen molar-refractivity contribution in [3.05, 3.63) is 0 Å². The monoisotopic (exact) mass is 393 g/mol. The molecule has 0 aliphatic carbocycles. The average molecular weight is 393 g/mol. The van der Waals surface area contributed by atoms with Crippen LogP contribution in [0.2, 0.25) is 0 Å². The molecule has 0 spiro atoms. The third kappa shape index (κ3) is 16.4. The quantitative estimate of drug-likeness (QED) is 0.221. The summed E-state index contributed by atoms with van der Waals surface area (Å²) in [6.45, 7) is 3.76. The summed E-state index contributed by atoms with van der Waals surface area (Å²) in [5, 5.41) is 0. The topological polar surface area (TPSA) is 99.1 Å². The Morgan fingerprint density at radius 2 is 1.38 bits per heavy atom. The number of rotatable bonds is 17. The van der Waals surface area contributed by atoms with Crippen molar-refractivity contribution in [2.75, 3.05) is 13.2 Å². The van der Waals surface area contributed by atoms with Gasteiger partial charge in [-0.05, 0) is 12.8 Å². The van der Waals surface area contributed by atoms with E-state index in [0.717, 1.165) is 57.8 Å². The first-order chi connectivity index (χ1) is 12.5. The first-order valence-electron chi connectivity index (χ1n) is 9.63. The molecule has 0 bridgehead atoms. The van der Waals surface area contributed by atoms with Gasteiger partial charge < -0.3 is 9.47 Å². The Morgan fingerprint density at radius 1 is 0.846 bits per heavy atom. The Kier molecular flexibility index (Phi) is 16.7. The number of hydrogen-bond acceptors (Lipinski definition) is 6. The first-order valence-corrected chi connectivity index (χ1v) is 10.8. The molecule has 152 valence electrons. The third-order valence-corrected chi connectivity index (χ3v) is 4.19. The molecule has 0 aromatic carbocycles. The van der Waals surface area contributed by atoms with Crippen molar-refractivity contribution in [2.24, 2.45) is 0 Å². The molecular weight excluding hydrogens is 359 g/mol. The minimum absolute atomic E-state index is 0.169. The van der Waals surface area contributed by atoms with Crippen LogP contribution in [0.25, 0.3) is 0 Å². The predicted molar refractivity (Wildman–Crippen MR) is 98.8 cm³/mol. The molecule has 0 aliphatic rings. The molecule has 0 saturated heterocycles. The number of ether oxygens (including phenoxy) is 2. The molecule has 1 N–H and O–H groups in total. The average Bonchev–Trinajstić information content (AvgIpc) is 2.60. The van der Waals surface area contributed by atoms with Crippen LogP contribution in [0, 0.1) is 0 Å². The lowest BCUT2D eigenvalue weighted by Crippen LogP contribution is -2.29. The molecule has 0 radical (unpaired) electrons. The van der Waals surface area contributed by atoms with Crippen LogP contribution in [0.1, 0.15) is 84.5 Å². The van der Waals surface area contributed by atoms with Crippen LogP contribution in [0.5, 0.6) is 0 Å². The van der Waals surface area contributed by atoms with Gasteiger partial charge in [0.05, 0.1) is 0 Å². The minimum atomic E-state index is -2.80. The fourth-order valence-corrected chi connectivity index (χ4v) is 2.63. The highest BCUT2D eigenvalue weighted by molar-refractivity contribution is 7.32. The molecule has 0 heterocycles. The zero-order valence-electron chi connectivity index (χ0n) is 16.1. The summed E-state index contributed by atoms with van der Waals surface area (Å²) in [6.07, 6.45) is 8.65. The van der Waals surface area contributed by atoms with Gasteiger partial charge in [0.2, 0.25) is 0 Å². The van der Waals surface area contributed by atoms with Crippen LogP contribution < -0.4 is 0 Å². The van der Waals surface area contributed by atoms with E-state index in [4.69, 9.17) is 14.4 Å². The molecule has 0 fully saturated rings. The van der Waals surface area contributed by atoms with E-state index in [1.54, 1.807) is 0 Å². The van der Waals surface area contributed by atoms with E-state index < -0.39 is 20.3 Å². The molecule has 1 unspecified atom stereocenters. The van der Waals surface area contributed by atoms with Crippen LogP contribution in [0.3, 0.4) is 0 Å². The summed E-state index contributed by atoms with van der Waals surface area (Å²) < 4.78 is 25.6. The fourth-order valence-electron chi connectivity index (χ4n) is 2.33. The Labute approximate surface area is 157 Å². The molecule has 0 saturated carbocycles. The molecule has 7 nitrogen and oxygen atoms in total. The van der Waals surface area contributed by atoms with Crippen molar-refractivity contribution in [3.8, 4) is 0 Å². The van der Waals surface area contributed by atoms with E-state index >= 15 is 0 Å². The predicted octanol–water partition coefficient (Wildman–Crippen LogP) is 4.44. The highest BCUT2D eigenvalue weighted by Crippen LogP contribution is 2.16. The van der Waals surface area contributed by atoms with Gasteiger partial charge in [-0.2, -0.15) is 0 Å². The maximum atomic E-state index is 11.9. The van der Waals surface area contributed by atoms with Crippen molar-refractivity contribution in [2.45, 2.75) is 90.6 Å². The lowest BCUT2D eigenvalue weighted by Gasteiger charge is -2.15. The second kappa shape index (κ2) is 17.4. The van der Waals surface area contributed by atoms with Crippen molar-refractivity contribution >= 4 is 20.2 Å². The summed E-state index contributed by atoms with van der Waals surface area (Å²) in [5.74, 6) is -0.780. The zero-order chi connectivity index (χ0) is 19.6. The lowest BCUT2D eigenvalue weighted by molar-refractivity contribution is -0.161. The second-order valence-corrected chi connectivity index (χ2v) is 7.04. The number of hydrogen-bond donors (Lipinski definition) is 1. The summed E-state index contributed by atoms with van der Waals surface area (Å²) in [6, 6.07) is 0. The molecule has 8 heteroatoms. The number of carbonyl (C=O) groups excluding carboxylic acids is 2. The van der Waals surface area contributed by atoms with Gasteiger partial charge in [0.1, 0.15) is 13.2 Å². The highest BCUT2D eigenvalue weighted by atomic mass is 31.1. The molecule has 0 aliphatic heterocycles. The molecule has 0 aromatic heterocycles. The van der Waals surface area contributed by atoms with E-state index in [2.05, 4.69) is 18.4 Å². The Morgan fingerprint density at radius 3 is 1.96 bits per heavy atom. The maximum Gasteiger partial charge on any atom is 0.694 e. The standard InChI is InChI=1S/C18H33O7P/c1-3-5-7-9-11-13-18(20)25-16(15-24-26(21)22)14-23-17(19)12-10-8-6-4-2/h16H,3-15H2,1-2H3/p+1/t16-/m1/s1. The summed E-state index contributed by atoms with van der Waals surface area (Å²) in [5.41, 5.74) is 0. The number of esters is 2. The summed E-state index contributed by atoms with van der Waals surface area (Å²) >= 11 is 0. The lowest BCUT2D eigenvalue weighted by atomic mass is 10.1. The Hall–Kier alpha value is -1.04. The van der Waals surface area contributed by atoms with Gasteiger partial charge in [0.15, 0.2) is 6.10 Å². The first kappa shape index (κ1) is 25.0. The molecule has 0 aromatic rings. The molecule has 2 atom stereocenters. The van der Waals surface area contributed by atoms with E-state index in [1.807, 2.05) is 0 Å². The Balaban J connectivity index is 4.15. The fraction of sp³-hybridized carbons (Fsp3) is 0.889. The number of unbranched alkanes of at least 4 members (excludes halogenated alkanes) is 7. The number of carbonyl (C=O) groups is 2. The van der Waals surface area contributed by atoms with E-state index in [-0.39, 0.29) is 25.6 Å². The molecule has 26 heavy (non-hydrogen) atoms. The summed E-state index contributed by atoms with van der Waals surface area (Å²) in [4.78, 5) is 32.3. The third-order valence-electron chi connectivity index (χ3n) is 3.82. The zero-order valence-corrected chi connectivity index (χ0v) is 17.0. The normalized spacial score (nSPS) is 12.5. The van der Waals surface area contributed by atoms with Gasteiger partial charge in [-0.15, -0.1) is 9.42 Å². The Bertz CT molecular complexity index is 401. The van der Waals surface area contributed by atoms with Gasteiger partial charge in [0.25, 0.3) is 0 Å². The van der Waals surface area contributed by atoms with E-state index in [1.165, 1.54) is 0 Å². The van der Waals surface area contributed by atoms with Crippen LogP contribution in [0.15, 0.2) is 0 Å². The van der Waals surface area contributed by atoms with Crippen molar-refractivity contribution in [1.82, 2.24) is 0 Å². The van der Waals surface area contributed by atoms with Gasteiger partial charge in [0, 0.05) is 17.4 Å². The van der Waals surface area contributed by atoms with Gasteiger partial charge >= 0.3 is 20.2 Å². The van der Waals surface area contributed by atoms with Crippen molar-refractivity contribution in [1.29, 1.82) is 0 Å². The molecule has 0 amide bonds. The SMILES string of the molecule is CCCCCCCC(=O)O[C@H](COC(=O)CCCCCC)CO[P+](=O)O. The smallest absolute Gasteiger partial charge is 0.462 e. The van der Waals surface area contributed by atoms with E-state index in [0.29, 0.717) is 6.42 Å². The van der Waals surface area contributed by atoms with Gasteiger partial charge in [-0.1, -0.05) is 58.8 Å². The van der Waals surface area contributed by atoms with Crippen LogP contribution in [0.4, 0.5) is 0 Å². The van der Waals surface area contributed by atoms with Crippen molar-refractivity contribution < 1.29 is 33.0 Å². The molecular formula is C18H34O7P+. The van der Waals surface area contributed by atoms with Gasteiger partial charge in [-0.25, -0.2) is 0 Å². The van der Waals surface area contributed by atoms with Gasteiger partial charge in [-0.3, -0.25) is 9.59 Å². The maximum absolute atomic E-state index is 11.9. The van der Waals surface area contributed by atoms with Crippen LogP contribution >= 0.6 is 8.25 Å². The highest BCUT2D eigenvalue weighted by Gasteiger charge is 2.23. The van der Waals surface area contributed by atoms with Crippen LogP contribution in [-0.2, 0) is 28.2 Å². The van der Waals surface area contributed by atoms with Crippen LogP contribution in [-0.4, -0.2) is 36.1 Å². The van der Waals surface area contributed by atoms with Crippen molar-refractivity contribution in [3.63, 3.8) is 0 Å². The second-order valence-electron chi connectivity index (χ2n) is 6.30.